The van der Waals surface area contributed by atoms with Gasteiger partial charge in [-0.05, 0) is 12.5 Å². The molecule has 2 rings (SSSR count). The summed E-state index contributed by atoms with van der Waals surface area (Å²) in [5.41, 5.74) is 6.46. The van der Waals surface area contributed by atoms with Gasteiger partial charge >= 0.3 is 0 Å². The van der Waals surface area contributed by atoms with E-state index < -0.39 is 0 Å². The number of nitrogen functional groups attached to an aromatic ring is 1. The normalized spacial score (nSPS) is 10.5. The number of anilines is 2. The molecule has 6 nitrogen and oxygen atoms in total. The molecule has 0 saturated heterocycles. The first kappa shape index (κ1) is 15.0. The maximum atomic E-state index is 11.8. The summed E-state index contributed by atoms with van der Waals surface area (Å²) >= 11 is 0. The maximum Gasteiger partial charge on any atom is 0.250 e. The van der Waals surface area contributed by atoms with Gasteiger partial charge < -0.3 is 15.6 Å². The van der Waals surface area contributed by atoms with Gasteiger partial charge in [0.25, 0.3) is 5.56 Å². The first-order valence-electron chi connectivity index (χ1n) is 7.21. The van der Waals surface area contributed by atoms with Crippen molar-refractivity contribution in [2.45, 2.75) is 32.7 Å². The molecule has 3 N–H and O–H groups in total. The van der Waals surface area contributed by atoms with Gasteiger partial charge in [0.1, 0.15) is 5.82 Å². The molecule has 0 amide bonds. The summed E-state index contributed by atoms with van der Waals surface area (Å²) in [5, 5.41) is 3.28. The van der Waals surface area contributed by atoms with E-state index in [4.69, 9.17) is 5.73 Å². The highest BCUT2D eigenvalue weighted by Crippen LogP contribution is 2.14. The molecule has 6 heteroatoms. The van der Waals surface area contributed by atoms with E-state index in [2.05, 4.69) is 22.2 Å². The topological polar surface area (TPSA) is 85.8 Å². The fourth-order valence-electron chi connectivity index (χ4n) is 2.05. The number of nitrogens with one attached hydrogen (secondary N) is 1. The summed E-state index contributed by atoms with van der Waals surface area (Å²) in [6.45, 7) is 3.42. The van der Waals surface area contributed by atoms with Crippen LogP contribution in [0.2, 0.25) is 0 Å². The minimum atomic E-state index is -0.0498. The van der Waals surface area contributed by atoms with Gasteiger partial charge in [0, 0.05) is 30.6 Å². The zero-order valence-electron chi connectivity index (χ0n) is 12.2. The van der Waals surface area contributed by atoms with Gasteiger partial charge in [-0.2, -0.15) is 4.98 Å². The summed E-state index contributed by atoms with van der Waals surface area (Å²) in [5.74, 6) is 0.937. The van der Waals surface area contributed by atoms with Crippen LogP contribution in [0.3, 0.4) is 0 Å². The molecule has 0 atom stereocenters. The minimum absolute atomic E-state index is 0.0498. The SMILES string of the molecule is CCCCCNc1nc(N)ncc1Cn1ccccc1=O. The van der Waals surface area contributed by atoms with Crippen molar-refractivity contribution in [3.05, 3.63) is 46.5 Å². The Morgan fingerprint density at radius 1 is 1.33 bits per heavy atom. The van der Waals surface area contributed by atoms with E-state index in [1.807, 2.05) is 6.07 Å². The Morgan fingerprint density at radius 3 is 2.95 bits per heavy atom. The molecule has 0 radical (unpaired) electrons. The molecule has 2 aromatic heterocycles. The monoisotopic (exact) mass is 287 g/mol. The maximum absolute atomic E-state index is 11.8. The third-order valence-electron chi connectivity index (χ3n) is 3.20. The van der Waals surface area contributed by atoms with Crippen LogP contribution in [0, 0.1) is 0 Å². The van der Waals surface area contributed by atoms with Gasteiger partial charge in [-0.15, -0.1) is 0 Å². The molecule has 2 heterocycles. The lowest BCUT2D eigenvalue weighted by Crippen LogP contribution is -2.20. The lowest BCUT2D eigenvalue weighted by atomic mass is 10.2. The third kappa shape index (κ3) is 4.30. The molecule has 0 fully saturated rings. The molecule has 21 heavy (non-hydrogen) atoms. The van der Waals surface area contributed by atoms with Crippen LogP contribution in [-0.4, -0.2) is 21.1 Å². The third-order valence-corrected chi connectivity index (χ3v) is 3.20. The Balaban J connectivity index is 2.15. The molecule has 0 aliphatic rings. The minimum Gasteiger partial charge on any atom is -0.370 e. The van der Waals surface area contributed by atoms with E-state index in [-0.39, 0.29) is 11.5 Å². The molecular weight excluding hydrogens is 266 g/mol. The van der Waals surface area contributed by atoms with Crippen molar-refractivity contribution < 1.29 is 0 Å². The number of hydrogen-bond donors (Lipinski definition) is 2. The lowest BCUT2D eigenvalue weighted by molar-refractivity contribution is 0.733. The fourth-order valence-corrected chi connectivity index (χ4v) is 2.05. The molecule has 0 unspecified atom stereocenters. The number of pyridine rings is 1. The Bertz CT molecular complexity index is 638. The van der Waals surface area contributed by atoms with Gasteiger partial charge in [-0.25, -0.2) is 4.98 Å². The average Bonchev–Trinajstić information content (AvgIpc) is 2.48. The molecule has 2 aromatic rings. The van der Waals surface area contributed by atoms with E-state index in [0.29, 0.717) is 12.4 Å². The smallest absolute Gasteiger partial charge is 0.250 e. The zero-order valence-corrected chi connectivity index (χ0v) is 12.2. The first-order valence-corrected chi connectivity index (χ1v) is 7.21. The van der Waals surface area contributed by atoms with E-state index in [0.717, 1.165) is 18.5 Å². The standard InChI is InChI=1S/C15H21N5O/c1-2-3-5-8-17-14-12(10-18-15(16)19-14)11-20-9-6-4-7-13(20)21/h4,6-7,9-10H,2-3,5,8,11H2,1H3,(H3,16,17,18,19). The van der Waals surface area contributed by atoms with Gasteiger partial charge in [0.15, 0.2) is 0 Å². The highest BCUT2D eigenvalue weighted by molar-refractivity contribution is 5.46. The molecule has 0 aromatic carbocycles. The van der Waals surface area contributed by atoms with E-state index in [1.54, 1.807) is 23.0 Å². The highest BCUT2D eigenvalue weighted by Gasteiger charge is 2.07. The number of unbranched alkanes of at least 4 members (excludes halogenated alkanes) is 2. The quantitative estimate of drug-likeness (QED) is 0.759. The Labute approximate surface area is 124 Å². The molecule has 112 valence electrons. The largest absolute Gasteiger partial charge is 0.370 e. The van der Waals surface area contributed by atoms with Crippen LogP contribution < -0.4 is 16.6 Å². The first-order chi connectivity index (χ1) is 10.2. The van der Waals surface area contributed by atoms with Crippen molar-refractivity contribution in [3.63, 3.8) is 0 Å². The average molecular weight is 287 g/mol. The summed E-state index contributed by atoms with van der Waals surface area (Å²) < 4.78 is 1.62. The van der Waals surface area contributed by atoms with Crippen LogP contribution >= 0.6 is 0 Å². The Kier molecular flexibility index (Phi) is 5.31. The second-order valence-corrected chi connectivity index (χ2v) is 4.90. The van der Waals surface area contributed by atoms with Crippen LogP contribution in [0.1, 0.15) is 31.7 Å². The Hall–Kier alpha value is -2.37. The molecular formula is C15H21N5O. The van der Waals surface area contributed by atoms with Crippen molar-refractivity contribution >= 4 is 11.8 Å². The van der Waals surface area contributed by atoms with Crippen LogP contribution in [0.4, 0.5) is 11.8 Å². The van der Waals surface area contributed by atoms with Crippen molar-refractivity contribution in [2.24, 2.45) is 0 Å². The number of hydrogen-bond acceptors (Lipinski definition) is 5. The Morgan fingerprint density at radius 2 is 2.19 bits per heavy atom. The summed E-state index contributed by atoms with van der Waals surface area (Å²) in [6, 6.07) is 5.09. The molecule has 0 saturated carbocycles. The predicted molar refractivity (Wildman–Crippen MR) is 84.3 cm³/mol. The van der Waals surface area contributed by atoms with E-state index in [1.165, 1.54) is 18.9 Å². The van der Waals surface area contributed by atoms with E-state index >= 15 is 0 Å². The molecule has 0 spiro atoms. The van der Waals surface area contributed by atoms with Crippen LogP contribution in [0.25, 0.3) is 0 Å². The van der Waals surface area contributed by atoms with Crippen LogP contribution in [0.5, 0.6) is 0 Å². The summed E-state index contributed by atoms with van der Waals surface area (Å²) in [6.07, 6.45) is 6.83. The molecule has 0 aliphatic heterocycles. The number of nitrogens with two attached hydrogens (primary N) is 1. The van der Waals surface area contributed by atoms with Crippen molar-refractivity contribution in [1.82, 2.24) is 14.5 Å². The lowest BCUT2D eigenvalue weighted by Gasteiger charge is -2.12. The second-order valence-electron chi connectivity index (χ2n) is 4.90. The molecule has 0 bridgehead atoms. The zero-order chi connectivity index (χ0) is 15.1. The van der Waals surface area contributed by atoms with Crippen molar-refractivity contribution in [2.75, 3.05) is 17.6 Å². The van der Waals surface area contributed by atoms with Crippen molar-refractivity contribution in [1.29, 1.82) is 0 Å². The number of rotatable bonds is 7. The fraction of sp³-hybridized carbons (Fsp3) is 0.400. The number of nitrogens with zero attached hydrogens (tertiary/aromatic N) is 3. The van der Waals surface area contributed by atoms with Gasteiger partial charge in [0.05, 0.1) is 6.54 Å². The highest BCUT2D eigenvalue weighted by atomic mass is 16.1. The predicted octanol–water partition coefficient (Wildman–Crippen LogP) is 1.87. The van der Waals surface area contributed by atoms with E-state index in [9.17, 15) is 4.79 Å². The second kappa shape index (κ2) is 7.42. The van der Waals surface area contributed by atoms with Gasteiger partial charge in [0.2, 0.25) is 5.95 Å². The van der Waals surface area contributed by atoms with Crippen LogP contribution in [0.15, 0.2) is 35.4 Å². The van der Waals surface area contributed by atoms with Gasteiger partial charge in [-0.3, -0.25) is 4.79 Å². The summed E-state index contributed by atoms with van der Waals surface area (Å²) in [7, 11) is 0. The van der Waals surface area contributed by atoms with Crippen LogP contribution in [-0.2, 0) is 6.54 Å². The van der Waals surface area contributed by atoms with Crippen molar-refractivity contribution in [3.8, 4) is 0 Å². The van der Waals surface area contributed by atoms with Gasteiger partial charge in [-0.1, -0.05) is 25.8 Å². The molecule has 0 aliphatic carbocycles. The summed E-state index contributed by atoms with van der Waals surface area (Å²) in [4.78, 5) is 20.0. The number of aromatic nitrogens is 3.